The number of hydrogen-bond acceptors (Lipinski definition) is 3. The lowest BCUT2D eigenvalue weighted by molar-refractivity contribution is -0.170. The van der Waals surface area contributed by atoms with Gasteiger partial charge in [0.15, 0.2) is 0 Å². The molecule has 2 aliphatic rings. The number of imide groups is 1. The van der Waals surface area contributed by atoms with Gasteiger partial charge in [0.25, 0.3) is 0 Å². The van der Waals surface area contributed by atoms with Gasteiger partial charge in [0, 0.05) is 0 Å². The molecule has 1 aliphatic carbocycles. The van der Waals surface area contributed by atoms with E-state index in [0.29, 0.717) is 30.6 Å². The number of urea groups is 1. The Morgan fingerprint density at radius 3 is 2.27 bits per heavy atom. The summed E-state index contributed by atoms with van der Waals surface area (Å²) >= 11 is 0. The topological polar surface area (TPSA) is 86.7 Å². The molecule has 2 rings (SSSR count). The molecule has 0 aromatic carbocycles. The van der Waals surface area contributed by atoms with Crippen molar-refractivity contribution in [3.05, 3.63) is 0 Å². The highest BCUT2D eigenvalue weighted by Crippen LogP contribution is 2.35. The number of β-lactam (4-membered cyclic amide) rings is 1. The Morgan fingerprint density at radius 2 is 1.82 bits per heavy atom. The van der Waals surface area contributed by atoms with Crippen LogP contribution >= 0.6 is 0 Å². The summed E-state index contributed by atoms with van der Waals surface area (Å²) in [6.07, 6.45) is -2.13. The second-order valence-electron chi connectivity index (χ2n) is 5.69. The highest BCUT2D eigenvalue weighted by molar-refractivity contribution is 6.05. The number of likely N-dealkylation sites (tertiary alicyclic amines) is 1. The first-order chi connectivity index (χ1) is 10.2. The average Bonchev–Trinajstić information content (AvgIpc) is 2.41. The number of alkyl halides is 3. The molecule has 0 aromatic heterocycles. The number of carbonyl (C=O) groups is 3. The minimum Gasteiger partial charge on any atom is -0.480 e. The molecule has 1 aliphatic heterocycles. The Bertz CT molecular complexity index is 474. The van der Waals surface area contributed by atoms with Crippen LogP contribution in [0.1, 0.15) is 38.5 Å². The van der Waals surface area contributed by atoms with E-state index in [1.807, 2.05) is 5.32 Å². The molecule has 1 saturated carbocycles. The van der Waals surface area contributed by atoms with Crippen LogP contribution < -0.4 is 5.32 Å². The van der Waals surface area contributed by atoms with E-state index in [1.165, 1.54) is 0 Å². The number of carboxylic acid groups (broad SMARTS) is 1. The van der Waals surface area contributed by atoms with Crippen LogP contribution in [-0.2, 0) is 9.59 Å². The summed E-state index contributed by atoms with van der Waals surface area (Å²) in [6, 6.07) is -4.72. The molecule has 9 heteroatoms. The van der Waals surface area contributed by atoms with Crippen molar-refractivity contribution in [1.29, 1.82) is 0 Å². The van der Waals surface area contributed by atoms with Gasteiger partial charge >= 0.3 is 18.2 Å². The third-order valence-electron chi connectivity index (χ3n) is 4.21. The predicted octanol–water partition coefficient (Wildman–Crippen LogP) is 1.89. The summed E-state index contributed by atoms with van der Waals surface area (Å²) in [6.45, 7) is 0. The first-order valence-corrected chi connectivity index (χ1v) is 7.14. The van der Waals surface area contributed by atoms with Crippen molar-refractivity contribution in [1.82, 2.24) is 10.2 Å². The summed E-state index contributed by atoms with van der Waals surface area (Å²) in [4.78, 5) is 34.4. The number of amides is 3. The Kier molecular flexibility index (Phi) is 4.62. The molecule has 124 valence electrons. The van der Waals surface area contributed by atoms with E-state index >= 15 is 0 Å². The Hall–Kier alpha value is -1.80. The van der Waals surface area contributed by atoms with Crippen molar-refractivity contribution in [2.24, 2.45) is 5.92 Å². The summed E-state index contributed by atoms with van der Waals surface area (Å²) in [5.41, 5.74) is 0. The van der Waals surface area contributed by atoms with Gasteiger partial charge in [-0.1, -0.05) is 19.3 Å². The van der Waals surface area contributed by atoms with E-state index in [1.54, 1.807) is 0 Å². The molecule has 0 bridgehead atoms. The molecule has 1 heterocycles. The van der Waals surface area contributed by atoms with Crippen molar-refractivity contribution in [3.63, 3.8) is 0 Å². The van der Waals surface area contributed by atoms with Gasteiger partial charge < -0.3 is 10.4 Å². The van der Waals surface area contributed by atoms with Crippen LogP contribution in [0.15, 0.2) is 0 Å². The Morgan fingerprint density at radius 1 is 1.23 bits per heavy atom. The van der Waals surface area contributed by atoms with E-state index in [9.17, 15) is 27.6 Å². The maximum absolute atomic E-state index is 13.2. The van der Waals surface area contributed by atoms with Gasteiger partial charge in [0.1, 0.15) is 12.1 Å². The molecule has 0 spiro atoms. The highest BCUT2D eigenvalue weighted by atomic mass is 19.4. The van der Waals surface area contributed by atoms with Crippen molar-refractivity contribution >= 4 is 17.9 Å². The smallest absolute Gasteiger partial charge is 0.408 e. The summed E-state index contributed by atoms with van der Waals surface area (Å²) in [5.74, 6) is -2.93. The zero-order chi connectivity index (χ0) is 16.5. The molecule has 22 heavy (non-hydrogen) atoms. The molecule has 2 N–H and O–H groups in total. The van der Waals surface area contributed by atoms with Crippen LogP contribution in [0.5, 0.6) is 0 Å². The normalized spacial score (nSPS) is 24.6. The van der Waals surface area contributed by atoms with Gasteiger partial charge in [-0.2, -0.15) is 13.2 Å². The van der Waals surface area contributed by atoms with Crippen LogP contribution in [0.25, 0.3) is 0 Å². The third-order valence-corrected chi connectivity index (χ3v) is 4.21. The molecule has 6 nitrogen and oxygen atoms in total. The molecule has 2 fully saturated rings. The molecule has 0 radical (unpaired) electrons. The lowest BCUT2D eigenvalue weighted by Gasteiger charge is -2.38. The van der Waals surface area contributed by atoms with Crippen LogP contribution in [0.4, 0.5) is 18.0 Å². The fourth-order valence-corrected chi connectivity index (χ4v) is 3.01. The van der Waals surface area contributed by atoms with Crippen molar-refractivity contribution < 1.29 is 32.7 Å². The predicted molar refractivity (Wildman–Crippen MR) is 67.8 cm³/mol. The van der Waals surface area contributed by atoms with E-state index in [-0.39, 0.29) is 6.42 Å². The molecule has 2 unspecified atom stereocenters. The zero-order valence-electron chi connectivity index (χ0n) is 11.7. The van der Waals surface area contributed by atoms with Gasteiger partial charge in [-0.3, -0.25) is 4.79 Å². The quantitative estimate of drug-likeness (QED) is 0.777. The van der Waals surface area contributed by atoms with Crippen LogP contribution in [0.3, 0.4) is 0 Å². The number of rotatable bonds is 3. The monoisotopic (exact) mass is 322 g/mol. The van der Waals surface area contributed by atoms with Crippen molar-refractivity contribution in [2.45, 2.75) is 56.8 Å². The molecular formula is C13H17F3N2O4. The summed E-state index contributed by atoms with van der Waals surface area (Å²) < 4.78 is 39.5. The van der Waals surface area contributed by atoms with Crippen LogP contribution in [0.2, 0.25) is 0 Å². The van der Waals surface area contributed by atoms with Crippen LogP contribution in [-0.4, -0.2) is 46.2 Å². The maximum atomic E-state index is 13.2. The number of carbonyl (C=O) groups excluding carboxylic acids is 2. The Balaban J connectivity index is 2.08. The number of hydrogen-bond donors (Lipinski definition) is 2. The maximum Gasteiger partial charge on any atom is 0.408 e. The van der Waals surface area contributed by atoms with E-state index in [0.717, 1.165) is 6.42 Å². The van der Waals surface area contributed by atoms with Gasteiger partial charge in [-0.15, -0.1) is 0 Å². The zero-order valence-corrected chi connectivity index (χ0v) is 11.7. The number of nitrogens with zero attached hydrogens (tertiary/aromatic N) is 1. The standard InChI is InChI=1S/C13H17F3N2O4/c14-13(15,16)10(7-4-2-1-3-5-7)17-12(22)18-8(11(20)21)6-9(18)19/h7-8,10H,1-6H2,(H,17,22)(H,20,21). The first kappa shape index (κ1) is 16.6. The SMILES string of the molecule is O=C(O)C1CC(=O)N1C(=O)NC(C1CCCCC1)C(F)(F)F. The van der Waals surface area contributed by atoms with Gasteiger partial charge in [0.05, 0.1) is 6.42 Å². The first-order valence-electron chi connectivity index (χ1n) is 7.14. The number of nitrogens with one attached hydrogen (secondary N) is 1. The second kappa shape index (κ2) is 6.13. The Labute approximate surface area is 124 Å². The van der Waals surface area contributed by atoms with E-state index in [4.69, 9.17) is 5.11 Å². The van der Waals surface area contributed by atoms with Gasteiger partial charge in [-0.25, -0.2) is 14.5 Å². The molecule has 3 amide bonds. The van der Waals surface area contributed by atoms with E-state index < -0.39 is 42.1 Å². The second-order valence-corrected chi connectivity index (χ2v) is 5.69. The van der Waals surface area contributed by atoms with Crippen molar-refractivity contribution in [3.8, 4) is 0 Å². The minimum absolute atomic E-state index is 0.348. The number of carboxylic acids is 1. The van der Waals surface area contributed by atoms with E-state index in [2.05, 4.69) is 0 Å². The fraction of sp³-hybridized carbons (Fsp3) is 0.769. The molecule has 1 saturated heterocycles. The lowest BCUT2D eigenvalue weighted by Crippen LogP contribution is -2.64. The molecule has 0 aromatic rings. The van der Waals surface area contributed by atoms with Gasteiger partial charge in [-0.05, 0) is 18.8 Å². The summed E-state index contributed by atoms with van der Waals surface area (Å²) in [7, 11) is 0. The largest absolute Gasteiger partial charge is 0.480 e. The molecule has 2 atom stereocenters. The lowest BCUT2D eigenvalue weighted by atomic mass is 9.83. The average molecular weight is 322 g/mol. The highest BCUT2D eigenvalue weighted by Gasteiger charge is 2.50. The third kappa shape index (κ3) is 3.33. The minimum atomic E-state index is -4.63. The van der Waals surface area contributed by atoms with Crippen LogP contribution in [0, 0.1) is 5.92 Å². The number of halogens is 3. The fourth-order valence-electron chi connectivity index (χ4n) is 3.01. The number of aliphatic carboxylic acids is 1. The van der Waals surface area contributed by atoms with Crippen molar-refractivity contribution in [2.75, 3.05) is 0 Å². The summed E-state index contributed by atoms with van der Waals surface area (Å²) in [5, 5.41) is 10.6. The molecular weight excluding hydrogens is 305 g/mol. The van der Waals surface area contributed by atoms with Gasteiger partial charge in [0.2, 0.25) is 5.91 Å².